The van der Waals surface area contributed by atoms with E-state index in [4.69, 9.17) is 5.73 Å². The molecule has 8 heteroatoms. The topological polar surface area (TPSA) is 117 Å². The van der Waals surface area contributed by atoms with E-state index in [1.807, 2.05) is 56.8 Å². The molecule has 0 saturated carbocycles. The summed E-state index contributed by atoms with van der Waals surface area (Å²) < 4.78 is 2.02. The minimum atomic E-state index is -0.125. The van der Waals surface area contributed by atoms with Gasteiger partial charge in [0, 0.05) is 13.2 Å². The van der Waals surface area contributed by atoms with Gasteiger partial charge in [0.05, 0.1) is 28.5 Å². The summed E-state index contributed by atoms with van der Waals surface area (Å²) in [5, 5.41) is 15.7. The first kappa shape index (κ1) is 23.1. The van der Waals surface area contributed by atoms with Gasteiger partial charge in [0.2, 0.25) is 5.95 Å². The van der Waals surface area contributed by atoms with E-state index in [2.05, 4.69) is 31.7 Å². The van der Waals surface area contributed by atoms with Crippen LogP contribution in [0.1, 0.15) is 56.6 Å². The van der Waals surface area contributed by atoms with Crippen LogP contribution in [0.3, 0.4) is 0 Å². The second-order valence-electron chi connectivity index (χ2n) is 6.89. The normalized spacial score (nSPS) is 13.5. The second-order valence-corrected chi connectivity index (χ2v) is 6.89. The molecule has 0 bridgehead atoms. The number of hydrogen-bond acceptors (Lipinski definition) is 7. The fourth-order valence-electron chi connectivity index (χ4n) is 3.14. The van der Waals surface area contributed by atoms with Gasteiger partial charge in [-0.3, -0.25) is 0 Å². The molecule has 1 aliphatic rings. The highest BCUT2D eigenvalue weighted by Gasteiger charge is 2.15. The van der Waals surface area contributed by atoms with E-state index in [-0.39, 0.29) is 12.0 Å². The minimum Gasteiger partial charge on any atom is -0.368 e. The van der Waals surface area contributed by atoms with Crippen molar-refractivity contribution in [1.29, 1.82) is 5.26 Å². The fraction of sp³-hybridized carbons (Fsp3) is 0.455. The zero-order valence-corrected chi connectivity index (χ0v) is 18.5. The van der Waals surface area contributed by atoms with Crippen molar-refractivity contribution >= 4 is 22.8 Å². The summed E-state index contributed by atoms with van der Waals surface area (Å²) >= 11 is 0. The van der Waals surface area contributed by atoms with Crippen LogP contribution >= 0.6 is 0 Å². The molecule has 3 aromatic heterocycles. The van der Waals surface area contributed by atoms with Crippen molar-refractivity contribution in [3.05, 3.63) is 41.3 Å². The molecule has 0 aliphatic carbocycles. The Morgan fingerprint density at radius 2 is 1.87 bits per heavy atom. The van der Waals surface area contributed by atoms with Crippen LogP contribution in [-0.4, -0.2) is 32.6 Å². The predicted molar refractivity (Wildman–Crippen MR) is 122 cm³/mol. The number of hydrogen-bond donors (Lipinski definition) is 3. The number of nitrogens with two attached hydrogens (primary N) is 1. The lowest BCUT2D eigenvalue weighted by molar-refractivity contribution is 0.835. The molecular weight excluding hydrogens is 376 g/mol. The van der Waals surface area contributed by atoms with Gasteiger partial charge in [-0.2, -0.15) is 10.2 Å². The summed E-state index contributed by atoms with van der Waals surface area (Å²) in [6, 6.07) is 7.95. The Morgan fingerprint density at radius 1 is 1.17 bits per heavy atom. The summed E-state index contributed by atoms with van der Waals surface area (Å²) in [6.07, 6.45) is 4.75. The smallest absolute Gasteiger partial charge is 0.222 e. The molecular formula is C22H32N8. The molecule has 30 heavy (non-hydrogen) atoms. The van der Waals surface area contributed by atoms with E-state index >= 15 is 0 Å². The van der Waals surface area contributed by atoms with Gasteiger partial charge in [-0.05, 0) is 58.0 Å². The van der Waals surface area contributed by atoms with Crippen molar-refractivity contribution in [2.24, 2.45) is 7.05 Å². The number of nitrogens with one attached hydrogen (secondary N) is 2. The number of anilines is 2. The predicted octanol–water partition coefficient (Wildman–Crippen LogP) is 3.69. The van der Waals surface area contributed by atoms with Gasteiger partial charge in [-0.15, -0.1) is 0 Å². The molecule has 1 unspecified atom stereocenters. The van der Waals surface area contributed by atoms with E-state index in [0.29, 0.717) is 17.1 Å². The van der Waals surface area contributed by atoms with Crippen molar-refractivity contribution in [3.63, 3.8) is 0 Å². The zero-order valence-electron chi connectivity index (χ0n) is 18.5. The lowest BCUT2D eigenvalue weighted by Crippen LogP contribution is -2.13. The van der Waals surface area contributed by atoms with Crippen LogP contribution in [0.5, 0.6) is 0 Å². The maximum Gasteiger partial charge on any atom is 0.222 e. The number of nitrogens with zero attached hydrogens (tertiary/aromatic N) is 5. The molecule has 160 valence electrons. The van der Waals surface area contributed by atoms with Crippen LogP contribution < -0.4 is 16.4 Å². The lowest BCUT2D eigenvalue weighted by atomic mass is 10.1. The van der Waals surface area contributed by atoms with Gasteiger partial charge in [-0.25, -0.2) is 9.97 Å². The first-order valence-corrected chi connectivity index (χ1v) is 10.4. The summed E-state index contributed by atoms with van der Waals surface area (Å²) in [7, 11) is 1.98. The minimum absolute atomic E-state index is 0.125. The molecule has 0 radical (unpaired) electrons. The summed E-state index contributed by atoms with van der Waals surface area (Å²) in [5.41, 5.74) is 9.50. The quantitative estimate of drug-likeness (QED) is 0.605. The highest BCUT2D eigenvalue weighted by molar-refractivity contribution is 5.75. The third-order valence-corrected chi connectivity index (χ3v) is 4.73. The highest BCUT2D eigenvalue weighted by atomic mass is 15.1. The second kappa shape index (κ2) is 11.1. The SMILES string of the molecule is C1CCNC1.CC.Cc1nc(N)nc(NC(C)c2ccc3c(ccn3C)n2)c1C#N. The number of fused-ring (bicyclic) bond motifs is 1. The van der Waals surface area contributed by atoms with E-state index < -0.39 is 0 Å². The lowest BCUT2D eigenvalue weighted by Gasteiger charge is -2.16. The largest absolute Gasteiger partial charge is 0.368 e. The Hall–Kier alpha value is -3.18. The Kier molecular flexibility index (Phi) is 8.56. The van der Waals surface area contributed by atoms with Crippen LogP contribution in [0.4, 0.5) is 11.8 Å². The van der Waals surface area contributed by atoms with Crippen molar-refractivity contribution in [2.75, 3.05) is 24.1 Å². The summed E-state index contributed by atoms with van der Waals surface area (Å²) in [6.45, 7) is 10.2. The van der Waals surface area contributed by atoms with Crippen molar-refractivity contribution in [2.45, 2.75) is 46.6 Å². The third-order valence-electron chi connectivity index (χ3n) is 4.73. The molecule has 4 N–H and O–H groups in total. The van der Waals surface area contributed by atoms with E-state index in [0.717, 1.165) is 16.7 Å². The van der Waals surface area contributed by atoms with Crippen LogP contribution in [-0.2, 0) is 7.05 Å². The molecule has 1 fully saturated rings. The Labute approximate surface area is 178 Å². The molecule has 1 atom stereocenters. The number of aryl methyl sites for hydroxylation is 2. The average molecular weight is 409 g/mol. The molecule has 0 spiro atoms. The average Bonchev–Trinajstić information content (AvgIpc) is 3.43. The van der Waals surface area contributed by atoms with E-state index in [9.17, 15) is 5.26 Å². The molecule has 4 heterocycles. The highest BCUT2D eigenvalue weighted by Crippen LogP contribution is 2.23. The van der Waals surface area contributed by atoms with Crippen LogP contribution in [0.2, 0.25) is 0 Å². The number of aromatic nitrogens is 4. The van der Waals surface area contributed by atoms with Gasteiger partial charge < -0.3 is 20.9 Å². The maximum atomic E-state index is 9.29. The van der Waals surface area contributed by atoms with Gasteiger partial charge in [0.1, 0.15) is 17.5 Å². The van der Waals surface area contributed by atoms with Crippen LogP contribution in [0.15, 0.2) is 24.4 Å². The van der Waals surface area contributed by atoms with Crippen LogP contribution in [0, 0.1) is 18.3 Å². The Bertz CT molecular complexity index is 991. The van der Waals surface area contributed by atoms with Crippen molar-refractivity contribution in [1.82, 2.24) is 24.8 Å². The summed E-state index contributed by atoms with van der Waals surface area (Å²) in [5.74, 6) is 0.572. The van der Waals surface area contributed by atoms with E-state index in [1.165, 1.54) is 25.9 Å². The van der Waals surface area contributed by atoms with Crippen LogP contribution in [0.25, 0.3) is 11.0 Å². The maximum absolute atomic E-state index is 9.29. The number of pyridine rings is 1. The molecule has 1 aliphatic heterocycles. The van der Waals surface area contributed by atoms with E-state index in [1.54, 1.807) is 6.92 Å². The van der Waals surface area contributed by atoms with Gasteiger partial charge in [-0.1, -0.05) is 13.8 Å². The van der Waals surface area contributed by atoms with Gasteiger partial charge in [0.25, 0.3) is 0 Å². The summed E-state index contributed by atoms with van der Waals surface area (Å²) in [4.78, 5) is 12.8. The molecule has 3 aromatic rings. The third kappa shape index (κ3) is 5.67. The monoisotopic (exact) mass is 408 g/mol. The van der Waals surface area contributed by atoms with Gasteiger partial charge >= 0.3 is 0 Å². The molecule has 4 rings (SSSR count). The Morgan fingerprint density at radius 3 is 2.47 bits per heavy atom. The fourth-order valence-corrected chi connectivity index (χ4v) is 3.14. The standard InChI is InChI=1S/C16H17N7.C4H9N.C2H6/c1-9-11(8-17)15(22-16(18)20-9)19-10(2)12-4-5-14-13(21-12)6-7-23(14)3;1-2-4-5-3-1;1-2/h4-7,10H,1-3H3,(H3,18,19,20,22);5H,1-4H2;1-2H3. The molecule has 1 saturated heterocycles. The van der Waals surface area contributed by atoms with Crippen molar-refractivity contribution < 1.29 is 0 Å². The Balaban J connectivity index is 0.000000393. The van der Waals surface area contributed by atoms with Crippen molar-refractivity contribution in [3.8, 4) is 6.07 Å². The zero-order chi connectivity index (χ0) is 22.1. The van der Waals surface area contributed by atoms with Gasteiger partial charge in [0.15, 0.2) is 0 Å². The number of nitriles is 1. The first-order chi connectivity index (χ1) is 14.5. The first-order valence-electron chi connectivity index (χ1n) is 10.4. The molecule has 0 aromatic carbocycles. The number of rotatable bonds is 3. The molecule has 8 nitrogen and oxygen atoms in total. The molecule has 0 amide bonds. The number of nitrogen functional groups attached to an aromatic ring is 1.